The van der Waals surface area contributed by atoms with Crippen molar-refractivity contribution in [2.75, 3.05) is 23.0 Å². The Balaban J connectivity index is 2.02. The van der Waals surface area contributed by atoms with Crippen LogP contribution >= 0.6 is 0 Å². The van der Waals surface area contributed by atoms with Crippen molar-refractivity contribution in [3.63, 3.8) is 0 Å². The molecule has 27 heavy (non-hydrogen) atoms. The van der Waals surface area contributed by atoms with Crippen LogP contribution in [-0.2, 0) is 4.84 Å². The van der Waals surface area contributed by atoms with Gasteiger partial charge >= 0.3 is 6.09 Å². The van der Waals surface area contributed by atoms with Gasteiger partial charge in [0.25, 0.3) is 5.91 Å². The summed E-state index contributed by atoms with van der Waals surface area (Å²) in [4.78, 5) is 31.2. The molecule has 0 aliphatic carbocycles. The van der Waals surface area contributed by atoms with Gasteiger partial charge < -0.3 is 9.74 Å². The molecule has 0 unspecified atom stereocenters. The number of nitrogens with one attached hydrogen (secondary N) is 1. The summed E-state index contributed by atoms with van der Waals surface area (Å²) in [5, 5.41) is 0.872. The van der Waals surface area contributed by atoms with Crippen molar-refractivity contribution in [3.8, 4) is 0 Å². The third-order valence-electron chi connectivity index (χ3n) is 4.31. The number of carbonyl (C=O) groups is 2. The van der Waals surface area contributed by atoms with Crippen molar-refractivity contribution in [2.24, 2.45) is 5.84 Å². The van der Waals surface area contributed by atoms with Crippen LogP contribution < -0.4 is 21.2 Å². The summed E-state index contributed by atoms with van der Waals surface area (Å²) in [5.74, 6) is 5.35. The molecule has 0 aliphatic rings. The Morgan fingerprint density at radius 2 is 1.67 bits per heavy atom. The van der Waals surface area contributed by atoms with E-state index in [9.17, 15) is 9.59 Å². The molecule has 2 aromatic rings. The predicted octanol–water partition coefficient (Wildman–Crippen LogP) is 3.31. The van der Waals surface area contributed by atoms with Crippen molar-refractivity contribution < 1.29 is 14.4 Å². The standard InChI is InChI=1S/C20H26N4O3/c1-5-23(6-2)17-11-12-18(15(4)13-17)24(21)20(26)27-22-19(25)16-9-7-14(3)8-10-16/h7-13H,5-6,21H2,1-4H3,(H,22,25). The molecule has 0 spiro atoms. The maximum Gasteiger partial charge on any atom is 0.453 e. The zero-order valence-corrected chi connectivity index (χ0v) is 16.2. The maximum atomic E-state index is 12.2. The normalized spacial score (nSPS) is 10.3. The van der Waals surface area contributed by atoms with Gasteiger partial charge in [0.15, 0.2) is 0 Å². The number of anilines is 2. The molecule has 0 saturated carbocycles. The van der Waals surface area contributed by atoms with Crippen LogP contribution in [0.25, 0.3) is 0 Å². The van der Waals surface area contributed by atoms with Crippen LogP contribution in [0.5, 0.6) is 0 Å². The van der Waals surface area contributed by atoms with Crippen molar-refractivity contribution in [3.05, 3.63) is 59.2 Å². The van der Waals surface area contributed by atoms with E-state index < -0.39 is 12.0 Å². The second kappa shape index (κ2) is 9.05. The summed E-state index contributed by atoms with van der Waals surface area (Å²) in [6, 6.07) is 12.5. The minimum absolute atomic E-state index is 0.386. The van der Waals surface area contributed by atoms with Crippen LogP contribution in [0.1, 0.15) is 35.3 Å². The number of hydrogen-bond donors (Lipinski definition) is 2. The number of carbonyl (C=O) groups excluding carboxylic acids is 2. The minimum atomic E-state index is -0.880. The molecule has 144 valence electrons. The Bertz CT molecular complexity index is 801. The fourth-order valence-electron chi connectivity index (χ4n) is 2.70. The molecule has 0 heterocycles. The Hall–Kier alpha value is -3.06. The number of aryl methyl sites for hydroxylation is 2. The molecule has 7 nitrogen and oxygen atoms in total. The van der Waals surface area contributed by atoms with Gasteiger partial charge in [0.1, 0.15) is 0 Å². The molecule has 2 amide bonds. The van der Waals surface area contributed by atoms with E-state index in [1.165, 1.54) is 0 Å². The zero-order valence-electron chi connectivity index (χ0n) is 16.2. The van der Waals surface area contributed by atoms with Gasteiger partial charge in [-0.3, -0.25) is 4.79 Å². The molecule has 0 saturated heterocycles. The van der Waals surface area contributed by atoms with Gasteiger partial charge in [-0.05, 0) is 63.6 Å². The number of hydrazine groups is 1. The van der Waals surface area contributed by atoms with Gasteiger partial charge in [0.2, 0.25) is 0 Å². The first-order valence-corrected chi connectivity index (χ1v) is 8.85. The Kier molecular flexibility index (Phi) is 6.79. The largest absolute Gasteiger partial charge is 0.453 e. The highest BCUT2D eigenvalue weighted by Gasteiger charge is 2.18. The minimum Gasteiger partial charge on any atom is -0.372 e. The third-order valence-corrected chi connectivity index (χ3v) is 4.31. The summed E-state index contributed by atoms with van der Waals surface area (Å²) in [6.07, 6.45) is -0.880. The number of rotatable bonds is 5. The first kappa shape index (κ1) is 20.3. The van der Waals surface area contributed by atoms with Crippen LogP contribution in [0, 0.1) is 13.8 Å². The Morgan fingerprint density at radius 3 is 2.22 bits per heavy atom. The lowest BCUT2D eigenvalue weighted by Crippen LogP contribution is -2.42. The smallest absolute Gasteiger partial charge is 0.372 e. The zero-order chi connectivity index (χ0) is 20.0. The van der Waals surface area contributed by atoms with E-state index in [1.807, 2.05) is 26.0 Å². The average molecular weight is 370 g/mol. The first-order valence-electron chi connectivity index (χ1n) is 8.85. The molecule has 0 bridgehead atoms. The Labute approximate surface area is 159 Å². The lowest BCUT2D eigenvalue weighted by molar-refractivity contribution is 0.0594. The van der Waals surface area contributed by atoms with Gasteiger partial charge in [-0.15, -0.1) is 0 Å². The van der Waals surface area contributed by atoms with Crippen LogP contribution in [0.3, 0.4) is 0 Å². The summed E-state index contributed by atoms with van der Waals surface area (Å²) in [7, 11) is 0. The van der Waals surface area contributed by atoms with Gasteiger partial charge in [0.05, 0.1) is 5.69 Å². The monoisotopic (exact) mass is 370 g/mol. The number of amides is 2. The highest BCUT2D eigenvalue weighted by atomic mass is 16.7. The molecule has 7 heteroatoms. The van der Waals surface area contributed by atoms with Crippen molar-refractivity contribution >= 4 is 23.4 Å². The molecule has 0 fully saturated rings. The fourth-order valence-corrected chi connectivity index (χ4v) is 2.70. The lowest BCUT2D eigenvalue weighted by atomic mass is 10.1. The molecule has 0 aliphatic heterocycles. The summed E-state index contributed by atoms with van der Waals surface area (Å²) in [6.45, 7) is 9.71. The Morgan fingerprint density at radius 1 is 1.04 bits per heavy atom. The summed E-state index contributed by atoms with van der Waals surface area (Å²) < 4.78 is 0. The summed E-state index contributed by atoms with van der Waals surface area (Å²) in [5.41, 5.74) is 5.91. The van der Waals surface area contributed by atoms with E-state index >= 15 is 0 Å². The first-order chi connectivity index (χ1) is 12.9. The number of benzene rings is 2. The van der Waals surface area contributed by atoms with Gasteiger partial charge in [0, 0.05) is 24.3 Å². The lowest BCUT2D eigenvalue weighted by Gasteiger charge is -2.24. The number of hydrogen-bond acceptors (Lipinski definition) is 5. The van der Waals surface area contributed by atoms with Gasteiger partial charge in [-0.1, -0.05) is 17.7 Å². The van der Waals surface area contributed by atoms with Crippen LogP contribution in [0.4, 0.5) is 16.2 Å². The molecule has 2 aromatic carbocycles. The van der Waals surface area contributed by atoms with Gasteiger partial charge in [-0.2, -0.15) is 5.48 Å². The highest BCUT2D eigenvalue weighted by molar-refractivity contribution is 5.95. The second-order valence-electron chi connectivity index (χ2n) is 6.18. The number of nitrogens with two attached hydrogens (primary N) is 1. The molecule has 0 atom stereocenters. The van der Waals surface area contributed by atoms with Crippen molar-refractivity contribution in [2.45, 2.75) is 27.7 Å². The SMILES string of the molecule is CCN(CC)c1ccc(N(N)C(=O)ONC(=O)c2ccc(C)cc2)c(C)c1. The number of nitrogens with zero attached hydrogens (tertiary/aromatic N) is 2. The summed E-state index contributed by atoms with van der Waals surface area (Å²) >= 11 is 0. The predicted molar refractivity (Wildman–Crippen MR) is 107 cm³/mol. The van der Waals surface area contributed by atoms with Crippen LogP contribution in [0.15, 0.2) is 42.5 Å². The van der Waals surface area contributed by atoms with Gasteiger partial charge in [-0.25, -0.2) is 15.6 Å². The van der Waals surface area contributed by atoms with Crippen LogP contribution in [0.2, 0.25) is 0 Å². The average Bonchev–Trinajstić information content (AvgIpc) is 2.67. The molecule has 3 N–H and O–H groups in total. The van der Waals surface area contributed by atoms with E-state index in [0.717, 1.165) is 34.9 Å². The molecule has 0 radical (unpaired) electrons. The maximum absolute atomic E-state index is 12.2. The van der Waals surface area contributed by atoms with E-state index in [2.05, 4.69) is 24.2 Å². The quantitative estimate of drug-likeness (QED) is 0.479. The molecule has 0 aromatic heterocycles. The molecular formula is C20H26N4O3. The van der Waals surface area contributed by atoms with Crippen molar-refractivity contribution in [1.82, 2.24) is 5.48 Å². The molecule has 2 rings (SSSR count). The topological polar surface area (TPSA) is 87.9 Å². The highest BCUT2D eigenvalue weighted by Crippen LogP contribution is 2.24. The van der Waals surface area contributed by atoms with E-state index in [-0.39, 0.29) is 0 Å². The van der Waals surface area contributed by atoms with Crippen LogP contribution in [-0.4, -0.2) is 25.1 Å². The molecular weight excluding hydrogens is 344 g/mol. The van der Waals surface area contributed by atoms with E-state index in [1.54, 1.807) is 30.3 Å². The number of hydroxylamine groups is 1. The fraction of sp³-hybridized carbons (Fsp3) is 0.300. The van der Waals surface area contributed by atoms with E-state index in [4.69, 9.17) is 10.7 Å². The van der Waals surface area contributed by atoms with E-state index in [0.29, 0.717) is 11.3 Å². The second-order valence-corrected chi connectivity index (χ2v) is 6.18. The third kappa shape index (κ3) is 4.98. The van der Waals surface area contributed by atoms with Crippen molar-refractivity contribution in [1.29, 1.82) is 0 Å².